The summed E-state index contributed by atoms with van der Waals surface area (Å²) in [5.74, 6) is -0.373. The minimum Gasteiger partial charge on any atom is -0.489 e. The maximum absolute atomic E-state index is 13.1. The second-order valence-electron chi connectivity index (χ2n) is 5.47. The Hall–Kier alpha value is -3.61. The fourth-order valence-corrected chi connectivity index (χ4v) is 2.46. The van der Waals surface area contributed by atoms with Crippen molar-refractivity contribution in [1.29, 1.82) is 0 Å². The normalized spacial score (nSPS) is 11.2. The quantitative estimate of drug-likeness (QED) is 0.658. The highest BCUT2D eigenvalue weighted by molar-refractivity contribution is 5.60. The van der Waals surface area contributed by atoms with Crippen LogP contribution in [0.1, 0.15) is 11.1 Å². The van der Waals surface area contributed by atoms with Gasteiger partial charge in [-0.1, -0.05) is 24.3 Å². The van der Waals surface area contributed by atoms with Crippen molar-refractivity contribution < 1.29 is 17.9 Å². The molecule has 0 aliphatic rings. The molecule has 0 saturated heterocycles. The maximum Gasteiger partial charge on any atom is 0.419 e. The van der Waals surface area contributed by atoms with Crippen LogP contribution in [0.5, 0.6) is 5.75 Å². The van der Waals surface area contributed by atoms with E-state index in [0.29, 0.717) is 0 Å². The molecule has 138 valence electrons. The van der Waals surface area contributed by atoms with Crippen molar-refractivity contribution in [3.8, 4) is 11.4 Å². The number of aromatic nitrogens is 4. The number of rotatable bonds is 4. The van der Waals surface area contributed by atoms with Gasteiger partial charge in [0.25, 0.3) is 0 Å². The molecule has 0 spiro atoms. The van der Waals surface area contributed by atoms with E-state index in [4.69, 9.17) is 11.3 Å². The first-order valence-corrected chi connectivity index (χ1v) is 7.60. The van der Waals surface area contributed by atoms with Gasteiger partial charge in [0.2, 0.25) is 0 Å². The van der Waals surface area contributed by atoms with Gasteiger partial charge in [0.15, 0.2) is 5.69 Å². The van der Waals surface area contributed by atoms with Gasteiger partial charge in [0.1, 0.15) is 12.4 Å². The average Bonchev–Trinajstić information content (AvgIpc) is 2.98. The molecular weight excluding hydrogens is 363 g/mol. The van der Waals surface area contributed by atoms with E-state index in [0.717, 1.165) is 15.4 Å². The van der Waals surface area contributed by atoms with Crippen molar-refractivity contribution in [2.75, 3.05) is 0 Å². The van der Waals surface area contributed by atoms with Crippen LogP contribution in [-0.4, -0.2) is 19.8 Å². The number of halogens is 3. The second-order valence-corrected chi connectivity index (χ2v) is 5.47. The zero-order valence-corrected chi connectivity index (χ0v) is 13.9. The Morgan fingerprint density at radius 3 is 2.52 bits per heavy atom. The highest BCUT2D eigenvalue weighted by atomic mass is 19.4. The van der Waals surface area contributed by atoms with Crippen LogP contribution in [0.25, 0.3) is 10.5 Å². The molecule has 0 atom stereocenters. The molecule has 27 heavy (non-hydrogen) atoms. The molecule has 0 fully saturated rings. The molecular formula is C17H12F3N5O2. The fraction of sp³-hybridized carbons (Fsp3) is 0.176. The van der Waals surface area contributed by atoms with Crippen molar-refractivity contribution in [2.45, 2.75) is 12.8 Å². The predicted molar refractivity (Wildman–Crippen MR) is 88.6 cm³/mol. The fourth-order valence-electron chi connectivity index (χ4n) is 2.46. The van der Waals surface area contributed by atoms with Crippen molar-refractivity contribution in [1.82, 2.24) is 19.8 Å². The number of ether oxygens (including phenoxy) is 1. The van der Waals surface area contributed by atoms with Gasteiger partial charge in [0.05, 0.1) is 17.8 Å². The number of nitrogens with zero attached hydrogens (tertiary/aromatic N) is 5. The highest BCUT2D eigenvalue weighted by Crippen LogP contribution is 2.37. The summed E-state index contributed by atoms with van der Waals surface area (Å²) in [5, 5.41) is 7.32. The third-order valence-electron chi connectivity index (χ3n) is 3.76. The second kappa shape index (κ2) is 6.95. The Bertz CT molecular complexity index is 1080. The Balaban J connectivity index is 2.03. The molecule has 3 aromatic rings. The maximum atomic E-state index is 13.1. The standard InChI is InChI=1S/C17H12F3N5O2/c1-21-13-7-5-8-14(25-16(26)24(2)22-23-25)11(13)10-27-15-9-4-3-6-12(15)17(18,19)20/h3-9H,10H2,2H3. The molecule has 7 nitrogen and oxygen atoms in total. The molecule has 1 aromatic heterocycles. The lowest BCUT2D eigenvalue weighted by molar-refractivity contribution is -0.139. The minimum atomic E-state index is -4.58. The minimum absolute atomic E-state index is 0.134. The van der Waals surface area contributed by atoms with E-state index in [1.54, 1.807) is 0 Å². The number of alkyl halides is 3. The molecule has 0 bridgehead atoms. The molecule has 3 rings (SSSR count). The van der Waals surface area contributed by atoms with Crippen LogP contribution in [0.2, 0.25) is 0 Å². The first-order chi connectivity index (χ1) is 12.8. The van der Waals surface area contributed by atoms with Gasteiger partial charge in [-0.3, -0.25) is 0 Å². The van der Waals surface area contributed by atoms with Gasteiger partial charge in [-0.2, -0.15) is 22.5 Å². The molecule has 10 heteroatoms. The van der Waals surface area contributed by atoms with Crippen LogP contribution in [0.15, 0.2) is 47.3 Å². The van der Waals surface area contributed by atoms with E-state index in [2.05, 4.69) is 15.3 Å². The van der Waals surface area contributed by atoms with Crippen LogP contribution in [0.4, 0.5) is 18.9 Å². The monoisotopic (exact) mass is 375 g/mol. The Kier molecular flexibility index (Phi) is 4.68. The lowest BCUT2D eigenvalue weighted by Gasteiger charge is -2.15. The van der Waals surface area contributed by atoms with Gasteiger partial charge in [-0.25, -0.2) is 9.64 Å². The van der Waals surface area contributed by atoms with Crippen LogP contribution in [0.3, 0.4) is 0 Å². The van der Waals surface area contributed by atoms with Crippen molar-refractivity contribution in [2.24, 2.45) is 7.05 Å². The van der Waals surface area contributed by atoms with E-state index in [1.165, 1.54) is 43.4 Å². The van der Waals surface area contributed by atoms with E-state index in [9.17, 15) is 18.0 Å². The Labute approximate surface area is 151 Å². The first-order valence-electron chi connectivity index (χ1n) is 7.60. The smallest absolute Gasteiger partial charge is 0.419 e. The molecule has 0 saturated carbocycles. The number of tetrazole rings is 1. The summed E-state index contributed by atoms with van der Waals surface area (Å²) in [6, 6.07) is 9.30. The summed E-state index contributed by atoms with van der Waals surface area (Å²) in [6.45, 7) is 6.93. The summed E-state index contributed by atoms with van der Waals surface area (Å²) in [5.41, 5.74) is -0.912. The molecule has 2 aromatic carbocycles. The summed E-state index contributed by atoms with van der Waals surface area (Å²) in [6.07, 6.45) is -4.58. The number of benzene rings is 2. The zero-order chi connectivity index (χ0) is 19.6. The van der Waals surface area contributed by atoms with Gasteiger partial charge >= 0.3 is 11.9 Å². The van der Waals surface area contributed by atoms with Gasteiger partial charge in [-0.05, 0) is 28.6 Å². The molecule has 0 aliphatic carbocycles. The zero-order valence-electron chi connectivity index (χ0n) is 13.9. The first kappa shape index (κ1) is 18.2. The van der Waals surface area contributed by atoms with Crippen LogP contribution in [-0.2, 0) is 19.8 Å². The third kappa shape index (κ3) is 3.52. The molecule has 1 heterocycles. The van der Waals surface area contributed by atoms with Gasteiger partial charge < -0.3 is 4.74 Å². The lowest BCUT2D eigenvalue weighted by Crippen LogP contribution is -2.23. The predicted octanol–water partition coefficient (Wildman–Crippen LogP) is 3.11. The largest absolute Gasteiger partial charge is 0.489 e. The van der Waals surface area contributed by atoms with E-state index in [-0.39, 0.29) is 29.3 Å². The van der Waals surface area contributed by atoms with E-state index >= 15 is 0 Å². The van der Waals surface area contributed by atoms with E-state index in [1.807, 2.05) is 0 Å². The topological polar surface area (TPSA) is 66.3 Å². The summed E-state index contributed by atoms with van der Waals surface area (Å²) in [7, 11) is 1.40. The van der Waals surface area contributed by atoms with Gasteiger partial charge in [-0.15, -0.1) is 0 Å². The van der Waals surface area contributed by atoms with Crippen molar-refractivity contribution in [3.63, 3.8) is 0 Å². The van der Waals surface area contributed by atoms with E-state index < -0.39 is 17.4 Å². The Morgan fingerprint density at radius 2 is 1.89 bits per heavy atom. The van der Waals surface area contributed by atoms with Crippen LogP contribution in [0, 0.1) is 6.57 Å². The summed E-state index contributed by atoms with van der Waals surface area (Å²) >= 11 is 0. The Morgan fingerprint density at radius 1 is 1.15 bits per heavy atom. The molecule has 0 unspecified atom stereocenters. The highest BCUT2D eigenvalue weighted by Gasteiger charge is 2.34. The van der Waals surface area contributed by atoms with Crippen LogP contribution >= 0.6 is 0 Å². The number of hydrogen-bond donors (Lipinski definition) is 0. The van der Waals surface area contributed by atoms with Gasteiger partial charge in [0, 0.05) is 12.6 Å². The number of aryl methyl sites for hydroxylation is 1. The number of hydrogen-bond acceptors (Lipinski definition) is 4. The molecule has 0 aliphatic heterocycles. The van der Waals surface area contributed by atoms with Crippen molar-refractivity contribution >= 4 is 5.69 Å². The lowest BCUT2D eigenvalue weighted by atomic mass is 10.1. The van der Waals surface area contributed by atoms with Crippen molar-refractivity contribution in [3.05, 3.63) is 75.5 Å². The SMILES string of the molecule is [C-]#[N+]c1cccc(-n2nnn(C)c2=O)c1COc1ccccc1C(F)(F)F. The molecule has 0 radical (unpaired) electrons. The average molecular weight is 375 g/mol. The molecule has 0 amide bonds. The summed E-state index contributed by atoms with van der Waals surface area (Å²) in [4.78, 5) is 15.5. The third-order valence-corrected chi connectivity index (χ3v) is 3.76. The number of para-hydroxylation sites is 1. The van der Waals surface area contributed by atoms with Crippen LogP contribution < -0.4 is 10.4 Å². The molecule has 0 N–H and O–H groups in total. The summed E-state index contributed by atoms with van der Waals surface area (Å²) < 4.78 is 46.7.